The van der Waals surface area contributed by atoms with Crippen LogP contribution in [0.2, 0.25) is 10.0 Å². The van der Waals surface area contributed by atoms with Crippen LogP contribution in [-0.2, 0) is 32.1 Å². The molecule has 0 aromatic heterocycles. The topological polar surface area (TPSA) is 0 Å². The van der Waals surface area contributed by atoms with Gasteiger partial charge in [0.25, 0.3) is 0 Å². The molecule has 0 aliphatic heterocycles. The summed E-state index contributed by atoms with van der Waals surface area (Å²) in [4.78, 5) is 0. The van der Waals surface area contributed by atoms with Crippen LogP contribution in [-0.4, -0.2) is 3.21 Å². The predicted molar refractivity (Wildman–Crippen MR) is 199 cm³/mol. The SMILES string of the molecule is CC[C](CC)=[Zr+2]([C]1=CC=CC1)[CH]1c2cc(-c3ccc(Cl)cc3)c(C(C)(C)C)cc2-c2cc(C(C)(C)C)c(-c3ccc(Cl)cc3)cc21.[Cl-].[Cl-]. The minimum absolute atomic E-state index is 0. The summed E-state index contributed by atoms with van der Waals surface area (Å²) >= 11 is 10.4. The Morgan fingerprint density at radius 3 is 1.40 bits per heavy atom. The van der Waals surface area contributed by atoms with Crippen molar-refractivity contribution in [2.45, 2.75) is 89.1 Å². The van der Waals surface area contributed by atoms with Crippen LogP contribution >= 0.6 is 23.2 Å². The second-order valence-electron chi connectivity index (χ2n) is 15.0. The summed E-state index contributed by atoms with van der Waals surface area (Å²) in [6.45, 7) is 18.9. The predicted octanol–water partition coefficient (Wildman–Crippen LogP) is 7.45. The number of hydrogen-bond acceptors (Lipinski definition) is 0. The molecule has 0 fully saturated rings. The first kappa shape index (κ1) is 39.1. The molecule has 0 bridgehead atoms. The van der Waals surface area contributed by atoms with Gasteiger partial charge in [0.05, 0.1) is 0 Å². The van der Waals surface area contributed by atoms with E-state index in [1.165, 1.54) is 55.6 Å². The van der Waals surface area contributed by atoms with Gasteiger partial charge in [-0.2, -0.15) is 0 Å². The van der Waals surface area contributed by atoms with E-state index < -0.39 is 21.3 Å². The Hall–Kier alpha value is -1.73. The van der Waals surface area contributed by atoms with Gasteiger partial charge in [-0.3, -0.25) is 0 Å². The van der Waals surface area contributed by atoms with E-state index in [4.69, 9.17) is 23.2 Å². The first-order valence-corrected chi connectivity index (χ1v) is 21.4. The molecule has 0 spiro atoms. The van der Waals surface area contributed by atoms with Crippen molar-refractivity contribution in [1.29, 1.82) is 0 Å². The van der Waals surface area contributed by atoms with Crippen molar-refractivity contribution in [3.63, 3.8) is 0 Å². The van der Waals surface area contributed by atoms with Gasteiger partial charge in [-0.1, -0.05) is 0 Å². The Labute approximate surface area is 319 Å². The average Bonchev–Trinajstić information content (AvgIpc) is 3.65. The Bertz CT molecular complexity index is 1780. The minimum atomic E-state index is -2.43. The van der Waals surface area contributed by atoms with Crippen LogP contribution in [0.3, 0.4) is 0 Å². The molecule has 0 atom stereocenters. The second kappa shape index (κ2) is 15.3. The Morgan fingerprint density at radius 1 is 0.646 bits per heavy atom. The van der Waals surface area contributed by atoms with Gasteiger partial charge in [0, 0.05) is 0 Å². The van der Waals surface area contributed by atoms with Crippen molar-refractivity contribution in [1.82, 2.24) is 0 Å². The van der Waals surface area contributed by atoms with Crippen LogP contribution in [0.5, 0.6) is 0 Å². The van der Waals surface area contributed by atoms with Crippen LogP contribution in [0.4, 0.5) is 0 Å². The first-order valence-electron chi connectivity index (χ1n) is 16.8. The number of rotatable bonds is 6. The van der Waals surface area contributed by atoms with E-state index in [0.29, 0.717) is 3.63 Å². The largest absolute Gasteiger partial charge is 1.00 e. The van der Waals surface area contributed by atoms with E-state index in [0.717, 1.165) is 29.3 Å². The van der Waals surface area contributed by atoms with E-state index in [-0.39, 0.29) is 35.6 Å². The van der Waals surface area contributed by atoms with Crippen LogP contribution in [0, 0.1) is 0 Å². The molecule has 5 heteroatoms. The third-order valence-electron chi connectivity index (χ3n) is 9.86. The summed E-state index contributed by atoms with van der Waals surface area (Å²) in [5.74, 6) is 0. The number of fused-ring (bicyclic) bond motifs is 3. The monoisotopic (exact) mass is 792 g/mol. The molecule has 48 heavy (non-hydrogen) atoms. The molecule has 0 unspecified atom stereocenters. The van der Waals surface area contributed by atoms with Gasteiger partial charge in [0.2, 0.25) is 0 Å². The van der Waals surface area contributed by atoms with E-state index in [2.05, 4.69) is 122 Å². The second-order valence-corrected chi connectivity index (χ2v) is 22.6. The summed E-state index contributed by atoms with van der Waals surface area (Å²) in [6, 6.07) is 27.2. The zero-order valence-corrected chi connectivity index (χ0v) is 34.9. The van der Waals surface area contributed by atoms with Crippen LogP contribution in [0.25, 0.3) is 33.4 Å². The number of hydrogen-bond donors (Lipinski definition) is 0. The molecule has 0 heterocycles. The van der Waals surface area contributed by atoms with Crippen molar-refractivity contribution in [3.05, 3.63) is 127 Å². The fraction of sp³-hybridized carbons (Fsp3) is 0.326. The van der Waals surface area contributed by atoms with Crippen LogP contribution < -0.4 is 24.8 Å². The maximum absolute atomic E-state index is 6.40. The van der Waals surface area contributed by atoms with E-state index in [1.54, 1.807) is 3.28 Å². The Kier molecular flexibility index (Phi) is 12.4. The summed E-state index contributed by atoms with van der Waals surface area (Å²) in [6.07, 6.45) is 10.6. The van der Waals surface area contributed by atoms with Gasteiger partial charge in [-0.15, -0.1) is 0 Å². The molecule has 4 aromatic carbocycles. The molecule has 4 aromatic rings. The molecule has 250 valence electrons. The maximum atomic E-state index is 6.40. The molecule has 6 rings (SSSR count). The summed E-state index contributed by atoms with van der Waals surface area (Å²) in [5, 5.41) is 1.55. The smallest absolute Gasteiger partial charge is 1.00 e. The fourth-order valence-electron chi connectivity index (χ4n) is 7.53. The van der Waals surface area contributed by atoms with Crippen molar-refractivity contribution in [2.75, 3.05) is 0 Å². The van der Waals surface area contributed by atoms with Crippen molar-refractivity contribution < 1.29 is 46.1 Å². The maximum Gasteiger partial charge on any atom is -1.00 e. The van der Waals surface area contributed by atoms with Gasteiger partial charge in [0.1, 0.15) is 0 Å². The van der Waals surface area contributed by atoms with Gasteiger partial charge in [-0.05, 0) is 0 Å². The minimum Gasteiger partial charge on any atom is -1.00 e. The number of benzene rings is 4. The van der Waals surface area contributed by atoms with Crippen LogP contribution in [0.1, 0.15) is 101 Å². The van der Waals surface area contributed by atoms with Crippen LogP contribution in [0.15, 0.2) is 94.3 Å². The third-order valence-corrected chi connectivity index (χ3v) is 19.5. The fourth-order valence-corrected chi connectivity index (χ4v) is 16.9. The molecule has 0 N–H and O–H groups in total. The van der Waals surface area contributed by atoms with E-state index >= 15 is 0 Å². The van der Waals surface area contributed by atoms with Crippen molar-refractivity contribution in [2.24, 2.45) is 0 Å². The molecule has 0 amide bonds. The Morgan fingerprint density at radius 2 is 1.06 bits per heavy atom. The van der Waals surface area contributed by atoms with E-state index in [9.17, 15) is 0 Å². The quantitative estimate of drug-likeness (QED) is 0.190. The molecule has 2 aliphatic rings. The molecule has 0 saturated carbocycles. The zero-order chi connectivity index (χ0) is 33.0. The first-order chi connectivity index (χ1) is 21.8. The molecular weight excluding hydrogens is 750 g/mol. The summed E-state index contributed by atoms with van der Waals surface area (Å²) in [7, 11) is 0. The standard InChI is InChI=1S/C33H31Cl2.C5H5.C5H10.2ClH.Zr/c1-32(2,3)30-18-26-22(16-28(30)20-7-11-24(34)12-8-20)15-23-17-29(21-9-13-25(35)14-10-21)31(19-27(23)26)33(4,5)6;1-2-4-5-3-1;1-3-5-4-2;;;/h7-19H,1-6H3;1-3H,4H2;3-4H2,1-2H3;2*1H;/q;;;;;+2/p-2. The van der Waals surface area contributed by atoms with Gasteiger partial charge < -0.3 is 24.8 Å². The average molecular weight is 796 g/mol. The molecule has 0 saturated heterocycles. The Balaban J connectivity index is 0.00000260. The van der Waals surface area contributed by atoms with Crippen molar-refractivity contribution >= 4 is 26.4 Å². The number of halogens is 4. The molecule has 0 nitrogen and oxygen atoms in total. The van der Waals surface area contributed by atoms with Gasteiger partial charge in [-0.25, -0.2) is 0 Å². The molecular formula is C43H46Cl4Zr. The normalized spacial score (nSPS) is 13.6. The van der Waals surface area contributed by atoms with Crippen molar-refractivity contribution in [3.8, 4) is 33.4 Å². The van der Waals surface area contributed by atoms with Gasteiger partial charge >= 0.3 is 297 Å². The molecule has 2 aliphatic carbocycles. The molecule has 0 radical (unpaired) electrons. The third kappa shape index (κ3) is 7.48. The van der Waals surface area contributed by atoms with E-state index in [1.807, 2.05) is 27.5 Å². The summed E-state index contributed by atoms with van der Waals surface area (Å²) in [5.41, 5.74) is 13.8. The zero-order valence-electron chi connectivity index (χ0n) is 29.4. The van der Waals surface area contributed by atoms with Gasteiger partial charge in [0.15, 0.2) is 0 Å². The summed E-state index contributed by atoms with van der Waals surface area (Å²) < 4.78 is 3.97. The number of allylic oxidation sites excluding steroid dienone is 4.